The molecule has 1 saturated carbocycles. The molecule has 0 bridgehead atoms. The summed E-state index contributed by atoms with van der Waals surface area (Å²) in [5.74, 6) is 0.294. The first kappa shape index (κ1) is 24.8. The summed E-state index contributed by atoms with van der Waals surface area (Å²) in [6, 6.07) is 5.86. The fraction of sp³-hybridized carbons (Fsp3) is 0.391. The molecule has 0 aliphatic heterocycles. The second-order valence-electron chi connectivity index (χ2n) is 7.22. The Bertz CT molecular complexity index is 841. The number of thioether (sulfide) groups is 1. The molecule has 1 aromatic carbocycles. The number of aldehydes is 1. The highest BCUT2D eigenvalue weighted by atomic mass is 32.2. The Kier molecular flexibility index (Phi) is 9.43. The van der Waals surface area contributed by atoms with Crippen LogP contribution in [0.5, 0.6) is 0 Å². The zero-order chi connectivity index (χ0) is 22.9. The van der Waals surface area contributed by atoms with Crippen molar-refractivity contribution in [3.63, 3.8) is 0 Å². The van der Waals surface area contributed by atoms with Gasteiger partial charge in [-0.3, -0.25) is 9.59 Å². The van der Waals surface area contributed by atoms with Crippen molar-refractivity contribution >= 4 is 30.0 Å². The number of likely N-dealkylation sites (N-methyl/N-ethyl adjacent to an activating group) is 1. The molecular weight excluding hydrogens is 425 g/mol. The Balaban J connectivity index is 2.46. The number of alkyl halides is 3. The molecule has 0 radical (unpaired) electrons. The summed E-state index contributed by atoms with van der Waals surface area (Å²) in [6.07, 6.45) is 10.5. The second-order valence-corrected chi connectivity index (χ2v) is 8.36. The first-order valence-electron chi connectivity index (χ1n) is 10.1. The summed E-state index contributed by atoms with van der Waals surface area (Å²) in [5.41, 5.74) is -1.50. The lowest BCUT2D eigenvalue weighted by Gasteiger charge is -2.18. The van der Waals surface area contributed by atoms with Gasteiger partial charge in [0.1, 0.15) is 6.29 Å². The van der Waals surface area contributed by atoms with Gasteiger partial charge in [0.2, 0.25) is 6.41 Å². The van der Waals surface area contributed by atoms with Crippen molar-refractivity contribution in [3.8, 4) is 0 Å². The molecule has 1 aliphatic rings. The van der Waals surface area contributed by atoms with Crippen LogP contribution in [0.15, 0.2) is 58.7 Å². The summed E-state index contributed by atoms with van der Waals surface area (Å²) in [6.45, 7) is 2.00. The number of hydrogen-bond acceptors (Lipinski definition) is 4. The van der Waals surface area contributed by atoms with Gasteiger partial charge in [-0.15, -0.1) is 0 Å². The molecule has 1 atom stereocenters. The first-order chi connectivity index (χ1) is 14.8. The summed E-state index contributed by atoms with van der Waals surface area (Å²) in [4.78, 5) is 22.5. The molecule has 1 fully saturated rings. The minimum Gasteiger partial charge on any atom is -0.388 e. The lowest BCUT2D eigenvalue weighted by molar-refractivity contribution is -0.110. The van der Waals surface area contributed by atoms with E-state index in [9.17, 15) is 22.8 Å². The Morgan fingerprint density at radius 3 is 2.35 bits per heavy atom. The van der Waals surface area contributed by atoms with E-state index in [0.29, 0.717) is 30.0 Å². The lowest BCUT2D eigenvalue weighted by Crippen LogP contribution is -2.26. The van der Waals surface area contributed by atoms with Crippen LogP contribution in [0.3, 0.4) is 0 Å². The molecule has 168 valence electrons. The molecule has 0 aromatic heterocycles. The largest absolute Gasteiger partial charge is 0.446 e. The lowest BCUT2D eigenvalue weighted by atomic mass is 9.97. The van der Waals surface area contributed by atoms with Gasteiger partial charge in [0.05, 0.1) is 0 Å². The van der Waals surface area contributed by atoms with Gasteiger partial charge in [-0.05, 0) is 66.3 Å². The van der Waals surface area contributed by atoms with Crippen molar-refractivity contribution in [2.45, 2.75) is 49.1 Å². The minimum absolute atomic E-state index is 0.0959. The molecule has 8 heteroatoms. The number of allylic oxidation sites excluding steroid dienone is 4. The van der Waals surface area contributed by atoms with E-state index in [4.69, 9.17) is 0 Å². The standard InChI is InChI=1S/C23H27F3N2O2S/c1-3-4-19(28-15-30)13-21(17-7-10-20(11-8-17)31-23(24,25)26)22(27-2)12-9-18(14-29)16-5-6-16/h7-16,19,27H,3-6H2,1-2H3,(H,28,30)/b18-9+,21-13+,22-12-/t19-/m1/s1. The van der Waals surface area contributed by atoms with Crippen LogP contribution in [0.4, 0.5) is 13.2 Å². The molecule has 2 N–H and O–H groups in total. The number of nitrogens with one attached hydrogen (secondary N) is 2. The van der Waals surface area contributed by atoms with Gasteiger partial charge in [0.25, 0.3) is 0 Å². The van der Waals surface area contributed by atoms with Crippen molar-refractivity contribution in [2.24, 2.45) is 5.92 Å². The van der Waals surface area contributed by atoms with Gasteiger partial charge in [0.15, 0.2) is 0 Å². The first-order valence-corrected chi connectivity index (χ1v) is 11.0. The topological polar surface area (TPSA) is 58.2 Å². The van der Waals surface area contributed by atoms with E-state index < -0.39 is 5.51 Å². The van der Waals surface area contributed by atoms with Gasteiger partial charge >= 0.3 is 5.51 Å². The number of benzene rings is 1. The van der Waals surface area contributed by atoms with Crippen molar-refractivity contribution in [1.82, 2.24) is 10.6 Å². The maximum atomic E-state index is 12.7. The number of halogens is 3. The highest BCUT2D eigenvalue weighted by Crippen LogP contribution is 2.38. The van der Waals surface area contributed by atoms with Crippen LogP contribution >= 0.6 is 11.8 Å². The van der Waals surface area contributed by atoms with Crippen molar-refractivity contribution in [2.75, 3.05) is 7.05 Å². The van der Waals surface area contributed by atoms with Crippen LogP contribution in [0.2, 0.25) is 0 Å². The normalized spacial score (nSPS) is 16.6. The number of carbonyl (C=O) groups is 2. The van der Waals surface area contributed by atoms with E-state index in [-0.39, 0.29) is 22.7 Å². The molecule has 1 aliphatic carbocycles. The average Bonchev–Trinajstić information content (AvgIpc) is 3.55. The van der Waals surface area contributed by atoms with Gasteiger partial charge in [-0.1, -0.05) is 37.6 Å². The molecular formula is C23H27F3N2O2S. The van der Waals surface area contributed by atoms with Crippen molar-refractivity contribution in [1.29, 1.82) is 0 Å². The molecule has 0 spiro atoms. The fourth-order valence-corrected chi connectivity index (χ4v) is 3.71. The number of carbonyl (C=O) groups excluding carboxylic acids is 2. The smallest absolute Gasteiger partial charge is 0.388 e. The van der Waals surface area contributed by atoms with Crippen LogP contribution in [0.25, 0.3) is 5.57 Å². The molecule has 0 saturated heterocycles. The van der Waals surface area contributed by atoms with Crippen molar-refractivity contribution < 1.29 is 22.8 Å². The van der Waals surface area contributed by atoms with Gasteiger partial charge in [-0.25, -0.2) is 0 Å². The minimum atomic E-state index is -4.35. The monoisotopic (exact) mass is 452 g/mol. The van der Waals surface area contributed by atoms with E-state index in [2.05, 4.69) is 10.6 Å². The van der Waals surface area contributed by atoms with Crippen LogP contribution in [-0.4, -0.2) is 31.3 Å². The predicted molar refractivity (Wildman–Crippen MR) is 118 cm³/mol. The predicted octanol–water partition coefficient (Wildman–Crippen LogP) is 5.24. The van der Waals surface area contributed by atoms with Gasteiger partial charge in [-0.2, -0.15) is 13.2 Å². The quantitative estimate of drug-likeness (QED) is 0.197. The summed E-state index contributed by atoms with van der Waals surface area (Å²) >= 11 is -0.164. The Morgan fingerprint density at radius 2 is 1.87 bits per heavy atom. The van der Waals surface area contributed by atoms with Gasteiger partial charge in [0, 0.05) is 29.3 Å². The van der Waals surface area contributed by atoms with Crippen LogP contribution in [0.1, 0.15) is 38.2 Å². The van der Waals surface area contributed by atoms with E-state index >= 15 is 0 Å². The molecule has 31 heavy (non-hydrogen) atoms. The molecule has 1 amide bonds. The highest BCUT2D eigenvalue weighted by molar-refractivity contribution is 8.00. The SMILES string of the molecule is CCC[C@H](/C=C(/C(=C/C=C(\C=O)C1CC1)NC)c1ccc(SC(F)(F)F)cc1)NC=O. The summed E-state index contributed by atoms with van der Waals surface area (Å²) < 4.78 is 38.0. The second kappa shape index (κ2) is 11.8. The summed E-state index contributed by atoms with van der Waals surface area (Å²) in [5, 5.41) is 5.89. The molecule has 1 aromatic rings. The molecule has 2 rings (SSSR count). The maximum Gasteiger partial charge on any atom is 0.446 e. The Labute approximate surface area is 185 Å². The van der Waals surface area contributed by atoms with Gasteiger partial charge < -0.3 is 10.6 Å². The average molecular weight is 453 g/mol. The van der Waals surface area contributed by atoms with Crippen LogP contribution < -0.4 is 10.6 Å². The van der Waals surface area contributed by atoms with E-state index in [1.54, 1.807) is 31.3 Å². The number of hydrogen-bond donors (Lipinski definition) is 2. The van der Waals surface area contributed by atoms with Crippen molar-refractivity contribution in [3.05, 3.63) is 59.3 Å². The maximum absolute atomic E-state index is 12.7. The number of rotatable bonds is 12. The third-order valence-electron chi connectivity index (χ3n) is 4.84. The third kappa shape index (κ3) is 8.28. The van der Waals surface area contributed by atoms with Crippen LogP contribution in [-0.2, 0) is 9.59 Å². The fourth-order valence-electron chi connectivity index (χ4n) is 3.17. The van der Waals surface area contributed by atoms with E-state index in [1.165, 1.54) is 12.1 Å². The molecule has 0 heterocycles. The zero-order valence-corrected chi connectivity index (χ0v) is 18.4. The Morgan fingerprint density at radius 1 is 1.19 bits per heavy atom. The number of amides is 1. The third-order valence-corrected chi connectivity index (χ3v) is 5.57. The highest BCUT2D eigenvalue weighted by Gasteiger charge is 2.29. The zero-order valence-electron chi connectivity index (χ0n) is 17.5. The Hall–Kier alpha value is -2.48. The van der Waals surface area contributed by atoms with E-state index in [0.717, 1.165) is 36.7 Å². The molecule has 0 unspecified atom stereocenters. The summed E-state index contributed by atoms with van der Waals surface area (Å²) in [7, 11) is 1.74. The van der Waals surface area contributed by atoms with E-state index in [1.807, 2.05) is 13.0 Å². The van der Waals surface area contributed by atoms with Crippen LogP contribution in [0, 0.1) is 5.92 Å². The molecule has 4 nitrogen and oxygen atoms in total.